The van der Waals surface area contributed by atoms with E-state index < -0.39 is 20.7 Å². The van der Waals surface area contributed by atoms with Crippen LogP contribution < -0.4 is 11.5 Å². The summed E-state index contributed by atoms with van der Waals surface area (Å²) >= 11 is -3.09. The molecule has 0 fully saturated rings. The molecule has 0 spiro atoms. The van der Waals surface area contributed by atoms with Crippen molar-refractivity contribution in [3.63, 3.8) is 0 Å². The molecule has 0 aliphatic heterocycles. The number of nitrogens with two attached hydrogens (primary N) is 2. The molecule has 0 aromatic heterocycles. The quantitative estimate of drug-likeness (QED) is 0.376. The average molecular weight is 282 g/mol. The molecular weight excluding hydrogens is 278 g/mol. The summed E-state index contributed by atoms with van der Waals surface area (Å²) in [5, 5.41) is 0.000000000000000222. The van der Waals surface area contributed by atoms with Gasteiger partial charge < -0.3 is 11.5 Å². The molecule has 0 aliphatic carbocycles. The molecule has 0 unspecified atom stereocenters. The Morgan fingerprint density at radius 2 is 1.10 bits per heavy atom. The summed E-state index contributed by atoms with van der Waals surface area (Å²) in [5.74, 6) is 0. The van der Waals surface area contributed by atoms with Crippen LogP contribution in [0.3, 0.4) is 0 Å². The van der Waals surface area contributed by atoms with Gasteiger partial charge in [0.05, 0.1) is 0 Å². The van der Waals surface area contributed by atoms with Crippen molar-refractivity contribution in [1.82, 2.24) is 0 Å². The van der Waals surface area contributed by atoms with Crippen molar-refractivity contribution >= 4 is 46.4 Å². The molecule has 10 heavy (non-hydrogen) atoms. The third kappa shape index (κ3) is 5850. The van der Waals surface area contributed by atoms with Crippen LogP contribution in [0.4, 0.5) is 11.5 Å². The zero-order chi connectivity index (χ0) is 8.08. The molecule has 0 aromatic carbocycles. The minimum absolute atomic E-state index is 0. The van der Waals surface area contributed by atoms with Crippen LogP contribution in [0.25, 0.3) is 0 Å². The van der Waals surface area contributed by atoms with Gasteiger partial charge in [0.15, 0.2) is 5.11 Å². The van der Waals surface area contributed by atoms with Gasteiger partial charge in [0.2, 0.25) is 0 Å². The molecule has 0 saturated carbocycles. The fraction of sp³-hybridized carbons (Fsp3) is 0. The topological polar surface area (TPSA) is 52.0 Å². The first-order valence-corrected chi connectivity index (χ1v) is 6.26. The van der Waals surface area contributed by atoms with Crippen molar-refractivity contribution in [3.8, 4) is 0 Å². The van der Waals surface area contributed by atoms with Crippen LogP contribution in [0, 0.1) is 0 Å². The number of thiocarbonyl (C=S) groups is 1. The third-order valence-corrected chi connectivity index (χ3v) is 0. The van der Waals surface area contributed by atoms with E-state index in [4.69, 9.17) is 0 Å². The van der Waals surface area contributed by atoms with Crippen molar-refractivity contribution in [1.29, 1.82) is 0 Å². The number of rotatable bonds is 0. The second-order valence-electron chi connectivity index (χ2n) is 0.831. The number of halogens is 4. The molecule has 0 aromatic rings. The van der Waals surface area contributed by atoms with Crippen LogP contribution in [0.1, 0.15) is 0 Å². The maximum atomic E-state index is 9.90. The van der Waals surface area contributed by atoms with E-state index in [2.05, 4.69) is 23.7 Å². The van der Waals surface area contributed by atoms with Crippen molar-refractivity contribution < 1.29 is 11.5 Å². The van der Waals surface area contributed by atoms with Crippen molar-refractivity contribution in [3.05, 3.63) is 0 Å². The molecular formula is CH4BF4N2SSn. The second-order valence-corrected chi connectivity index (χ2v) is 3.75. The van der Waals surface area contributed by atoms with Crippen LogP contribution in [0.15, 0.2) is 0 Å². The molecule has 2 nitrogen and oxygen atoms in total. The van der Waals surface area contributed by atoms with Gasteiger partial charge in [-0.2, -0.15) is 0 Å². The fourth-order valence-electron chi connectivity index (χ4n) is 0. The number of hydrogen-bond acceptors (Lipinski definition) is 1. The normalized spacial score (nSPS) is 8.40. The Morgan fingerprint density at radius 1 is 1.10 bits per heavy atom. The Bertz CT molecular complexity index is 85.7. The van der Waals surface area contributed by atoms with Crippen LogP contribution in [0.5, 0.6) is 0 Å². The average Bonchev–Trinajstić information content (AvgIpc) is 1.19. The van der Waals surface area contributed by atoms with E-state index in [-0.39, 0.29) is 13.5 Å². The molecule has 4 N–H and O–H groups in total. The Hall–Kier alpha value is 0.274. The van der Waals surface area contributed by atoms with E-state index in [1.807, 2.05) is 0 Å². The van der Waals surface area contributed by atoms with Gasteiger partial charge in [0.1, 0.15) is 0 Å². The molecule has 59 valence electrons. The summed E-state index contributed by atoms with van der Waals surface area (Å²) in [6, 6.07) is 0. The Morgan fingerprint density at radius 3 is 1.10 bits per heavy atom. The summed E-state index contributed by atoms with van der Waals surface area (Å²) in [5.41, 5.74) is 9.24. The van der Waals surface area contributed by atoms with Gasteiger partial charge in [-0.05, 0) is 12.2 Å². The summed E-state index contributed by atoms with van der Waals surface area (Å²) in [7, 11) is 0. The van der Waals surface area contributed by atoms with Crippen molar-refractivity contribution in [2.75, 3.05) is 0 Å². The SMILES string of the molecule is NC(N)=S.[B].[F][Sn]([F])([F])[F]. The molecule has 9 heteroatoms. The van der Waals surface area contributed by atoms with Gasteiger partial charge >= 0.3 is 32.1 Å². The monoisotopic (exact) mass is 283 g/mol. The summed E-state index contributed by atoms with van der Waals surface area (Å²) in [4.78, 5) is 0. The van der Waals surface area contributed by atoms with Crippen molar-refractivity contribution in [2.45, 2.75) is 0 Å². The summed E-state index contributed by atoms with van der Waals surface area (Å²) in [6.07, 6.45) is 0. The molecule has 0 heterocycles. The summed E-state index contributed by atoms with van der Waals surface area (Å²) in [6.45, 7) is 0. The molecule has 0 aliphatic rings. The zero-order valence-electron chi connectivity index (χ0n) is 4.65. The first kappa shape index (κ1) is 16.7. The first-order chi connectivity index (χ1) is 3.73. The number of hydrogen-bond donors (Lipinski definition) is 2. The molecule has 0 rings (SSSR count). The second kappa shape index (κ2) is 7.38. The van der Waals surface area contributed by atoms with Crippen molar-refractivity contribution in [2.24, 2.45) is 11.5 Å². The molecule has 0 bridgehead atoms. The molecule has 3 radical (unpaired) electrons. The van der Waals surface area contributed by atoms with Gasteiger partial charge in [-0.3, -0.25) is 0 Å². The Kier molecular flexibility index (Phi) is 12.3. The van der Waals surface area contributed by atoms with Gasteiger partial charge in [0.25, 0.3) is 0 Å². The Balaban J connectivity index is -0.0000000910. The maximum absolute atomic E-state index is 9.90. The van der Waals surface area contributed by atoms with Crippen LogP contribution in [0.2, 0.25) is 0 Å². The van der Waals surface area contributed by atoms with E-state index in [9.17, 15) is 11.5 Å². The van der Waals surface area contributed by atoms with Gasteiger partial charge in [-0.1, -0.05) is 0 Å². The zero-order valence-corrected chi connectivity index (χ0v) is 8.32. The van der Waals surface area contributed by atoms with E-state index >= 15 is 0 Å². The van der Waals surface area contributed by atoms with E-state index in [0.717, 1.165) is 0 Å². The van der Waals surface area contributed by atoms with Crippen LogP contribution in [-0.4, -0.2) is 34.2 Å². The van der Waals surface area contributed by atoms with Crippen LogP contribution >= 0.6 is 12.2 Å². The predicted molar refractivity (Wildman–Crippen MR) is 36.9 cm³/mol. The fourth-order valence-corrected chi connectivity index (χ4v) is 0. The first-order valence-electron chi connectivity index (χ1n) is 1.54. The molecule has 0 amide bonds. The Labute approximate surface area is 69.5 Å². The molecule has 0 atom stereocenters. The van der Waals surface area contributed by atoms with Gasteiger partial charge in [0, 0.05) is 8.41 Å². The van der Waals surface area contributed by atoms with Gasteiger partial charge in [-0.15, -0.1) is 0 Å². The predicted octanol–water partition coefficient (Wildman–Crippen LogP) is 0.108. The minimum atomic E-state index is -7.18. The van der Waals surface area contributed by atoms with E-state index in [0.29, 0.717) is 0 Å². The third-order valence-electron chi connectivity index (χ3n) is 0. The van der Waals surface area contributed by atoms with Crippen LogP contribution in [-0.2, 0) is 0 Å². The summed E-state index contributed by atoms with van der Waals surface area (Å²) < 4.78 is 39.6. The van der Waals surface area contributed by atoms with E-state index in [1.54, 1.807) is 0 Å². The van der Waals surface area contributed by atoms with E-state index in [1.165, 1.54) is 0 Å². The standard InChI is InChI=1S/CH4N2S.B.4FH.Sn/c2-1(3)4;;;;;;/h(H4,2,3,4);;4*1H;/q;;;;;;+4/p-4. The molecule has 0 saturated heterocycles. The van der Waals surface area contributed by atoms with Gasteiger partial charge in [-0.25, -0.2) is 0 Å².